The summed E-state index contributed by atoms with van der Waals surface area (Å²) < 4.78 is 5.10. The van der Waals surface area contributed by atoms with Crippen molar-refractivity contribution in [2.24, 2.45) is 0 Å². The van der Waals surface area contributed by atoms with Gasteiger partial charge in [-0.05, 0) is 19.1 Å². The molecule has 0 spiro atoms. The van der Waals surface area contributed by atoms with Crippen molar-refractivity contribution in [2.75, 3.05) is 18.4 Å². The number of aryl methyl sites for hydroxylation is 1. The van der Waals surface area contributed by atoms with E-state index in [1.807, 2.05) is 49.4 Å². The minimum atomic E-state index is -0.304. The summed E-state index contributed by atoms with van der Waals surface area (Å²) in [6.07, 6.45) is 0. The fourth-order valence-corrected chi connectivity index (χ4v) is 2.07. The van der Waals surface area contributed by atoms with Crippen molar-refractivity contribution in [3.8, 4) is 11.3 Å². The van der Waals surface area contributed by atoms with Crippen molar-refractivity contribution in [1.82, 2.24) is 20.7 Å². The third kappa shape index (κ3) is 3.95. The highest BCUT2D eigenvalue weighted by Crippen LogP contribution is 2.18. The summed E-state index contributed by atoms with van der Waals surface area (Å²) in [7, 11) is 0. The van der Waals surface area contributed by atoms with Gasteiger partial charge in [-0.3, -0.25) is 4.79 Å². The molecule has 0 unspecified atom stereocenters. The van der Waals surface area contributed by atoms with E-state index in [1.54, 1.807) is 6.07 Å². The minimum absolute atomic E-state index is 0.184. The predicted octanol–water partition coefficient (Wildman–Crippen LogP) is 2.28. The van der Waals surface area contributed by atoms with E-state index < -0.39 is 0 Å². The Morgan fingerprint density at radius 3 is 2.67 bits per heavy atom. The Hall–Kier alpha value is -3.22. The number of rotatable bonds is 6. The lowest BCUT2D eigenvalue weighted by Gasteiger charge is -2.05. The first-order valence-electron chi connectivity index (χ1n) is 7.57. The largest absolute Gasteiger partial charge is 0.367 e. The minimum Gasteiger partial charge on any atom is -0.367 e. The van der Waals surface area contributed by atoms with Crippen LogP contribution < -0.4 is 10.6 Å². The Balaban J connectivity index is 1.49. The van der Waals surface area contributed by atoms with E-state index in [0.29, 0.717) is 24.6 Å². The van der Waals surface area contributed by atoms with Gasteiger partial charge < -0.3 is 15.2 Å². The molecular formula is C17H17N5O2. The molecule has 3 rings (SSSR count). The van der Waals surface area contributed by atoms with Gasteiger partial charge in [0.25, 0.3) is 5.91 Å². The Bertz CT molecular complexity index is 799. The molecule has 24 heavy (non-hydrogen) atoms. The van der Waals surface area contributed by atoms with Gasteiger partial charge in [0.2, 0.25) is 5.76 Å². The maximum Gasteiger partial charge on any atom is 0.289 e. The Kier molecular flexibility index (Phi) is 4.81. The molecule has 0 saturated heterocycles. The van der Waals surface area contributed by atoms with E-state index in [2.05, 4.69) is 26.0 Å². The van der Waals surface area contributed by atoms with Crippen molar-refractivity contribution in [2.45, 2.75) is 6.92 Å². The number of aromatic nitrogens is 3. The first-order chi connectivity index (χ1) is 11.7. The van der Waals surface area contributed by atoms with Gasteiger partial charge in [-0.15, -0.1) is 5.10 Å². The number of amides is 1. The van der Waals surface area contributed by atoms with Crippen molar-refractivity contribution < 1.29 is 9.32 Å². The molecule has 0 saturated carbocycles. The Morgan fingerprint density at radius 2 is 1.92 bits per heavy atom. The van der Waals surface area contributed by atoms with Crippen LogP contribution in [0.3, 0.4) is 0 Å². The summed E-state index contributed by atoms with van der Waals surface area (Å²) in [5, 5.41) is 17.7. The van der Waals surface area contributed by atoms with Crippen LogP contribution in [0.5, 0.6) is 0 Å². The fraction of sp³-hybridized carbons (Fsp3) is 0.176. The van der Waals surface area contributed by atoms with E-state index in [0.717, 1.165) is 11.3 Å². The topological polar surface area (TPSA) is 92.9 Å². The van der Waals surface area contributed by atoms with Crippen molar-refractivity contribution in [3.63, 3.8) is 0 Å². The van der Waals surface area contributed by atoms with E-state index in [9.17, 15) is 4.79 Å². The summed E-state index contributed by atoms with van der Waals surface area (Å²) >= 11 is 0. The van der Waals surface area contributed by atoms with E-state index in [-0.39, 0.29) is 11.7 Å². The number of carbonyl (C=O) groups is 1. The average Bonchev–Trinajstić information content (AvgIpc) is 3.11. The average molecular weight is 323 g/mol. The first-order valence-corrected chi connectivity index (χ1v) is 7.57. The number of carbonyl (C=O) groups excluding carboxylic acids is 1. The van der Waals surface area contributed by atoms with E-state index >= 15 is 0 Å². The molecule has 7 heteroatoms. The quantitative estimate of drug-likeness (QED) is 0.676. The monoisotopic (exact) mass is 323 g/mol. The molecule has 0 bridgehead atoms. The van der Waals surface area contributed by atoms with Gasteiger partial charge in [-0.2, -0.15) is 5.10 Å². The van der Waals surface area contributed by atoms with Gasteiger partial charge in [0.15, 0.2) is 0 Å². The lowest BCUT2D eigenvalue weighted by Crippen LogP contribution is -2.28. The number of hydrogen-bond donors (Lipinski definition) is 2. The molecule has 2 aromatic heterocycles. The normalized spacial score (nSPS) is 10.4. The highest BCUT2D eigenvalue weighted by Gasteiger charge is 2.13. The predicted molar refractivity (Wildman–Crippen MR) is 89.5 cm³/mol. The molecule has 2 N–H and O–H groups in total. The second-order valence-corrected chi connectivity index (χ2v) is 5.19. The van der Waals surface area contributed by atoms with Crippen LogP contribution in [0.1, 0.15) is 16.2 Å². The van der Waals surface area contributed by atoms with Crippen molar-refractivity contribution in [3.05, 3.63) is 60.0 Å². The standard InChI is InChI=1S/C17H17N5O2/c1-12-7-8-16(21-20-12)18-9-10-19-17(23)15-11-14(22-24-15)13-5-3-2-4-6-13/h2-8,11H,9-10H2,1H3,(H,18,21)(H,19,23). The molecule has 122 valence electrons. The highest BCUT2D eigenvalue weighted by molar-refractivity contribution is 5.92. The van der Waals surface area contributed by atoms with Gasteiger partial charge in [0, 0.05) is 24.7 Å². The number of anilines is 1. The lowest BCUT2D eigenvalue weighted by atomic mass is 10.1. The van der Waals surface area contributed by atoms with Gasteiger partial charge in [-0.25, -0.2) is 0 Å². The second-order valence-electron chi connectivity index (χ2n) is 5.19. The number of benzene rings is 1. The number of nitrogens with one attached hydrogen (secondary N) is 2. The van der Waals surface area contributed by atoms with Crippen LogP contribution in [0, 0.1) is 6.92 Å². The fourth-order valence-electron chi connectivity index (χ4n) is 2.07. The molecule has 2 heterocycles. The second kappa shape index (κ2) is 7.36. The third-order valence-corrected chi connectivity index (χ3v) is 3.32. The summed E-state index contributed by atoms with van der Waals surface area (Å²) in [5.41, 5.74) is 2.39. The Labute approximate surface area is 139 Å². The molecule has 0 aliphatic carbocycles. The summed E-state index contributed by atoms with van der Waals surface area (Å²) in [6.45, 7) is 2.83. The van der Waals surface area contributed by atoms with Crippen molar-refractivity contribution >= 4 is 11.7 Å². The molecule has 1 amide bonds. The smallest absolute Gasteiger partial charge is 0.289 e. The number of hydrogen-bond acceptors (Lipinski definition) is 6. The van der Waals surface area contributed by atoms with Crippen LogP contribution in [0.4, 0.5) is 5.82 Å². The van der Waals surface area contributed by atoms with Gasteiger partial charge in [-0.1, -0.05) is 35.5 Å². The van der Waals surface area contributed by atoms with Crippen molar-refractivity contribution in [1.29, 1.82) is 0 Å². The molecule has 0 fully saturated rings. The molecule has 7 nitrogen and oxygen atoms in total. The zero-order valence-electron chi connectivity index (χ0n) is 13.2. The highest BCUT2D eigenvalue weighted by atomic mass is 16.5. The van der Waals surface area contributed by atoms with Crippen LogP contribution in [0.2, 0.25) is 0 Å². The molecule has 0 aliphatic rings. The molecule has 1 aromatic carbocycles. The summed E-state index contributed by atoms with van der Waals surface area (Å²) in [5.74, 6) is 0.548. The zero-order valence-corrected chi connectivity index (χ0v) is 13.2. The summed E-state index contributed by atoms with van der Waals surface area (Å²) in [4.78, 5) is 12.0. The van der Waals surface area contributed by atoms with Gasteiger partial charge >= 0.3 is 0 Å². The van der Waals surface area contributed by atoms with Crippen LogP contribution in [0.15, 0.2) is 53.1 Å². The third-order valence-electron chi connectivity index (χ3n) is 3.32. The maximum atomic E-state index is 12.0. The van der Waals surface area contributed by atoms with Crippen LogP contribution >= 0.6 is 0 Å². The molecule has 0 radical (unpaired) electrons. The molecule has 3 aromatic rings. The molecule has 0 atom stereocenters. The maximum absolute atomic E-state index is 12.0. The van der Waals surface area contributed by atoms with E-state index in [4.69, 9.17) is 4.52 Å². The van der Waals surface area contributed by atoms with Gasteiger partial charge in [0.1, 0.15) is 11.5 Å². The van der Waals surface area contributed by atoms with Gasteiger partial charge in [0.05, 0.1) is 5.69 Å². The Morgan fingerprint density at radius 1 is 1.08 bits per heavy atom. The molecular weight excluding hydrogens is 306 g/mol. The number of nitrogens with zero attached hydrogens (tertiary/aromatic N) is 3. The van der Waals surface area contributed by atoms with Crippen LogP contribution in [-0.2, 0) is 0 Å². The lowest BCUT2D eigenvalue weighted by molar-refractivity contribution is 0.0918. The summed E-state index contributed by atoms with van der Waals surface area (Å²) in [6, 6.07) is 14.9. The van der Waals surface area contributed by atoms with Crippen LogP contribution in [0.25, 0.3) is 11.3 Å². The zero-order chi connectivity index (χ0) is 16.8. The SMILES string of the molecule is Cc1ccc(NCCNC(=O)c2cc(-c3ccccc3)no2)nn1. The first kappa shape index (κ1) is 15.7. The van der Waals surface area contributed by atoms with E-state index in [1.165, 1.54) is 0 Å². The molecule has 0 aliphatic heterocycles. The van der Waals surface area contributed by atoms with Crippen LogP contribution in [-0.4, -0.2) is 34.4 Å².